The summed E-state index contributed by atoms with van der Waals surface area (Å²) in [6.45, 7) is 10.0. The number of allylic oxidation sites excluding steroid dienone is 2. The largest absolute Gasteiger partial charge is 0.462 e. The third kappa shape index (κ3) is 2.73. The van der Waals surface area contributed by atoms with Crippen LogP contribution in [-0.4, -0.2) is 35.9 Å². The first-order chi connectivity index (χ1) is 11.7. The minimum absolute atomic E-state index is 0.0316. The van der Waals surface area contributed by atoms with Crippen molar-refractivity contribution in [1.29, 1.82) is 0 Å². The van der Waals surface area contributed by atoms with E-state index in [-0.39, 0.29) is 35.6 Å². The zero-order chi connectivity index (χ0) is 18.5. The highest BCUT2D eigenvalue weighted by atomic mass is 16.6. The molecule has 1 aliphatic heterocycles. The lowest BCUT2D eigenvalue weighted by Crippen LogP contribution is -2.60. The molecule has 0 bridgehead atoms. The van der Waals surface area contributed by atoms with E-state index in [0.29, 0.717) is 12.2 Å². The molecule has 1 heterocycles. The Kier molecular flexibility index (Phi) is 4.56. The second-order valence-corrected chi connectivity index (χ2v) is 8.25. The van der Waals surface area contributed by atoms with Gasteiger partial charge in [-0.25, -0.2) is 9.59 Å². The zero-order valence-corrected chi connectivity index (χ0v) is 15.6. The van der Waals surface area contributed by atoms with E-state index in [2.05, 4.69) is 13.8 Å². The Balaban J connectivity index is 1.93. The molecule has 0 aromatic carbocycles. The number of hydrogen-bond acceptors (Lipinski definition) is 5. The van der Waals surface area contributed by atoms with Gasteiger partial charge in [-0.2, -0.15) is 0 Å². The van der Waals surface area contributed by atoms with Crippen LogP contribution in [0.4, 0.5) is 0 Å². The summed E-state index contributed by atoms with van der Waals surface area (Å²) in [6.07, 6.45) is 3.11. The summed E-state index contributed by atoms with van der Waals surface area (Å²) in [6, 6.07) is 0. The third-order valence-electron chi connectivity index (χ3n) is 6.68. The van der Waals surface area contributed by atoms with E-state index in [9.17, 15) is 14.7 Å². The Morgan fingerprint density at radius 3 is 2.76 bits per heavy atom. The summed E-state index contributed by atoms with van der Waals surface area (Å²) in [5.74, 6) is -0.280. The van der Waals surface area contributed by atoms with Gasteiger partial charge in [0.1, 0.15) is 6.10 Å². The van der Waals surface area contributed by atoms with Crippen molar-refractivity contribution in [3.8, 4) is 0 Å². The fourth-order valence-electron chi connectivity index (χ4n) is 4.97. The minimum atomic E-state index is -0.764. The summed E-state index contributed by atoms with van der Waals surface area (Å²) < 4.78 is 11.0. The average Bonchev–Trinajstić information content (AvgIpc) is 2.96. The molecule has 0 aromatic heterocycles. The van der Waals surface area contributed by atoms with Crippen molar-refractivity contribution in [2.24, 2.45) is 29.1 Å². The van der Waals surface area contributed by atoms with Gasteiger partial charge in [-0.15, -0.1) is 0 Å². The summed E-state index contributed by atoms with van der Waals surface area (Å²) in [7, 11) is 0. The van der Waals surface area contributed by atoms with Crippen molar-refractivity contribution >= 4 is 11.9 Å². The summed E-state index contributed by atoms with van der Waals surface area (Å²) >= 11 is 0. The standard InChI is InChI=1S/C20H28O5/c1-6-10(2)18(22)25-17-16(21)11(3)15-13-9-24-19(23)12(13)7-8-14(15)20(17,4)5/h6-7,11,13-17,21H,8-9H2,1-5H3/b10-6+. The predicted molar refractivity (Wildman–Crippen MR) is 92.4 cm³/mol. The first kappa shape index (κ1) is 18.2. The number of rotatable bonds is 2. The highest BCUT2D eigenvalue weighted by Gasteiger charge is 2.59. The summed E-state index contributed by atoms with van der Waals surface area (Å²) in [4.78, 5) is 24.2. The van der Waals surface area contributed by atoms with Crippen molar-refractivity contribution in [3.63, 3.8) is 0 Å². The van der Waals surface area contributed by atoms with E-state index >= 15 is 0 Å². The lowest BCUT2D eigenvalue weighted by Gasteiger charge is -2.56. The molecule has 6 atom stereocenters. The lowest BCUT2D eigenvalue weighted by molar-refractivity contribution is -0.197. The molecule has 5 nitrogen and oxygen atoms in total. The molecule has 0 amide bonds. The molecule has 0 spiro atoms. The minimum Gasteiger partial charge on any atom is -0.462 e. The number of carbonyl (C=O) groups excluding carboxylic acids is 2. The normalized spacial score (nSPS) is 39.8. The van der Waals surface area contributed by atoms with Crippen LogP contribution in [0.3, 0.4) is 0 Å². The Hall–Kier alpha value is -1.62. The van der Waals surface area contributed by atoms with Crippen molar-refractivity contribution in [3.05, 3.63) is 23.3 Å². The highest BCUT2D eigenvalue weighted by Crippen LogP contribution is 2.56. The Morgan fingerprint density at radius 1 is 1.44 bits per heavy atom. The van der Waals surface area contributed by atoms with Crippen LogP contribution in [0.15, 0.2) is 23.3 Å². The Labute approximate surface area is 149 Å². The molecule has 2 aliphatic carbocycles. The maximum Gasteiger partial charge on any atom is 0.334 e. The fourth-order valence-corrected chi connectivity index (χ4v) is 4.97. The molecule has 5 heteroatoms. The molecular formula is C20H28O5. The number of cyclic esters (lactones) is 1. The molecular weight excluding hydrogens is 320 g/mol. The molecule has 25 heavy (non-hydrogen) atoms. The van der Waals surface area contributed by atoms with Crippen molar-refractivity contribution in [2.45, 2.75) is 53.2 Å². The van der Waals surface area contributed by atoms with Gasteiger partial charge >= 0.3 is 11.9 Å². The van der Waals surface area contributed by atoms with Gasteiger partial charge in [0.05, 0.1) is 12.7 Å². The highest BCUT2D eigenvalue weighted by molar-refractivity contribution is 5.91. The van der Waals surface area contributed by atoms with Crippen molar-refractivity contribution in [1.82, 2.24) is 0 Å². The monoisotopic (exact) mass is 348 g/mol. The van der Waals surface area contributed by atoms with Gasteiger partial charge < -0.3 is 14.6 Å². The lowest BCUT2D eigenvalue weighted by atomic mass is 9.51. The van der Waals surface area contributed by atoms with Crippen LogP contribution in [-0.2, 0) is 19.1 Å². The number of aliphatic hydroxyl groups is 1. The maximum atomic E-state index is 12.3. The third-order valence-corrected chi connectivity index (χ3v) is 6.68. The molecule has 2 fully saturated rings. The number of esters is 2. The van der Waals surface area contributed by atoms with Crippen LogP contribution < -0.4 is 0 Å². The van der Waals surface area contributed by atoms with E-state index < -0.39 is 17.6 Å². The zero-order valence-electron chi connectivity index (χ0n) is 15.6. The number of carbonyl (C=O) groups is 2. The van der Waals surface area contributed by atoms with Crippen LogP contribution in [0.2, 0.25) is 0 Å². The van der Waals surface area contributed by atoms with E-state index in [0.717, 1.165) is 12.0 Å². The van der Waals surface area contributed by atoms with Crippen molar-refractivity contribution in [2.75, 3.05) is 6.61 Å². The Morgan fingerprint density at radius 2 is 2.12 bits per heavy atom. The number of fused-ring (bicyclic) bond motifs is 3. The van der Waals surface area contributed by atoms with Gasteiger partial charge in [-0.1, -0.05) is 32.9 Å². The molecule has 3 aliphatic rings. The van der Waals surface area contributed by atoms with E-state index in [4.69, 9.17) is 9.47 Å². The molecule has 0 radical (unpaired) electrons. The van der Waals surface area contributed by atoms with Crippen LogP contribution in [0.1, 0.15) is 41.0 Å². The topological polar surface area (TPSA) is 72.8 Å². The molecule has 6 unspecified atom stereocenters. The first-order valence-electron chi connectivity index (χ1n) is 9.09. The predicted octanol–water partition coefficient (Wildman–Crippen LogP) is 2.64. The average molecular weight is 348 g/mol. The Bertz CT molecular complexity index is 644. The van der Waals surface area contributed by atoms with Crippen LogP contribution >= 0.6 is 0 Å². The van der Waals surface area contributed by atoms with Gasteiger partial charge in [-0.05, 0) is 38.0 Å². The van der Waals surface area contributed by atoms with Gasteiger partial charge in [0.15, 0.2) is 0 Å². The number of hydrogen-bond donors (Lipinski definition) is 1. The molecule has 0 aromatic rings. The van der Waals surface area contributed by atoms with E-state index in [1.165, 1.54) is 0 Å². The van der Waals surface area contributed by atoms with Crippen LogP contribution in [0, 0.1) is 29.1 Å². The first-order valence-corrected chi connectivity index (χ1v) is 9.09. The smallest absolute Gasteiger partial charge is 0.334 e. The molecule has 1 saturated heterocycles. The molecule has 3 rings (SSSR count). The second-order valence-electron chi connectivity index (χ2n) is 8.25. The number of aliphatic hydroxyl groups excluding tert-OH is 1. The van der Waals surface area contributed by atoms with Gasteiger partial charge in [0, 0.05) is 22.5 Å². The van der Waals surface area contributed by atoms with Gasteiger partial charge in [-0.3, -0.25) is 0 Å². The summed E-state index contributed by atoms with van der Waals surface area (Å²) in [5.41, 5.74) is 0.906. The maximum absolute atomic E-state index is 12.3. The summed E-state index contributed by atoms with van der Waals surface area (Å²) in [5, 5.41) is 11.0. The molecule has 1 N–H and O–H groups in total. The van der Waals surface area contributed by atoms with Crippen molar-refractivity contribution < 1.29 is 24.2 Å². The number of ether oxygens (including phenoxy) is 2. The second kappa shape index (κ2) is 6.27. The molecule has 1 saturated carbocycles. The van der Waals surface area contributed by atoms with Crippen LogP contribution in [0.25, 0.3) is 0 Å². The SMILES string of the molecule is C/C=C(\C)C(=O)OC1C(O)C(C)C2C3COC(=O)C3=CCC2C1(C)C. The molecule has 138 valence electrons. The van der Waals surface area contributed by atoms with E-state index in [1.807, 2.05) is 13.0 Å². The quantitative estimate of drug-likeness (QED) is 0.613. The van der Waals surface area contributed by atoms with Gasteiger partial charge in [0.25, 0.3) is 0 Å². The van der Waals surface area contributed by atoms with E-state index in [1.54, 1.807) is 19.9 Å². The fraction of sp³-hybridized carbons (Fsp3) is 0.700. The van der Waals surface area contributed by atoms with Crippen LogP contribution in [0.5, 0.6) is 0 Å². The van der Waals surface area contributed by atoms with Gasteiger partial charge in [0.2, 0.25) is 0 Å².